The number of carbonyl (C=O) groups is 1. The number of rotatable bonds is 3. The van der Waals surface area contributed by atoms with Gasteiger partial charge in [0.1, 0.15) is 17.1 Å². The van der Waals surface area contributed by atoms with Crippen molar-refractivity contribution < 1.29 is 14.4 Å². The van der Waals surface area contributed by atoms with Crippen molar-refractivity contribution in [2.75, 3.05) is 49.6 Å². The van der Waals surface area contributed by atoms with Gasteiger partial charge in [-0.15, -0.1) is 0 Å². The van der Waals surface area contributed by atoms with E-state index in [9.17, 15) is 4.79 Å². The van der Waals surface area contributed by atoms with Crippen LogP contribution < -0.4 is 15.5 Å². The Morgan fingerprint density at radius 2 is 2.04 bits per heavy atom. The van der Waals surface area contributed by atoms with Gasteiger partial charge in [-0.1, -0.05) is 5.16 Å². The zero-order valence-electron chi connectivity index (χ0n) is 14.2. The van der Waals surface area contributed by atoms with Crippen molar-refractivity contribution in [3.8, 4) is 0 Å². The average Bonchev–Trinajstić information content (AvgIpc) is 3.07. The average molecular weight is 345 g/mol. The summed E-state index contributed by atoms with van der Waals surface area (Å²) in [6, 6.07) is 3.79. The minimum atomic E-state index is -0.300. The number of ether oxygens (including phenoxy) is 1. The molecule has 1 aromatic rings. The van der Waals surface area contributed by atoms with Gasteiger partial charge in [0.15, 0.2) is 0 Å². The second kappa shape index (κ2) is 6.97. The van der Waals surface area contributed by atoms with Crippen LogP contribution in [0.15, 0.2) is 23.5 Å². The summed E-state index contributed by atoms with van der Waals surface area (Å²) in [5.41, 5.74) is 1.18. The number of hydrogen-bond donors (Lipinski definition) is 2. The molecule has 1 aromatic heterocycles. The maximum atomic E-state index is 12.4. The highest BCUT2D eigenvalue weighted by Crippen LogP contribution is 2.32. The van der Waals surface area contributed by atoms with Gasteiger partial charge in [-0.2, -0.15) is 0 Å². The number of amides is 1. The number of morpholine rings is 1. The Morgan fingerprint density at radius 3 is 2.76 bits per heavy atom. The molecule has 1 spiro atoms. The maximum Gasteiger partial charge on any atom is 0.274 e. The Bertz CT molecular complexity index is 649. The van der Waals surface area contributed by atoms with E-state index in [1.807, 2.05) is 12.1 Å². The number of hydrogen-bond acceptors (Lipinski definition) is 7. The number of pyridine rings is 1. The molecule has 0 saturated carbocycles. The maximum absolute atomic E-state index is 12.4. The molecule has 2 fully saturated rings. The van der Waals surface area contributed by atoms with E-state index in [0.29, 0.717) is 18.0 Å². The molecular weight excluding hydrogens is 322 g/mol. The van der Waals surface area contributed by atoms with E-state index < -0.39 is 0 Å². The van der Waals surface area contributed by atoms with Crippen molar-refractivity contribution in [3.63, 3.8) is 0 Å². The molecule has 1 amide bonds. The van der Waals surface area contributed by atoms with E-state index in [2.05, 4.69) is 25.7 Å². The van der Waals surface area contributed by atoms with Crippen LogP contribution in [0.3, 0.4) is 0 Å². The second-order valence-electron chi connectivity index (χ2n) is 6.69. The lowest BCUT2D eigenvalue weighted by molar-refractivity contribution is -0.110. The first-order valence-corrected chi connectivity index (χ1v) is 8.80. The van der Waals surface area contributed by atoms with Crippen LogP contribution in [0.4, 0.5) is 11.5 Å². The third-order valence-corrected chi connectivity index (χ3v) is 4.98. The molecule has 3 aliphatic heterocycles. The Balaban J connectivity index is 1.35. The summed E-state index contributed by atoms with van der Waals surface area (Å²) in [4.78, 5) is 24.6. The predicted molar refractivity (Wildman–Crippen MR) is 93.9 cm³/mol. The Hall–Kier alpha value is -2.19. The Morgan fingerprint density at radius 1 is 1.24 bits per heavy atom. The van der Waals surface area contributed by atoms with E-state index in [1.54, 1.807) is 6.20 Å². The van der Waals surface area contributed by atoms with Gasteiger partial charge in [-0.05, 0) is 25.2 Å². The van der Waals surface area contributed by atoms with Crippen molar-refractivity contribution >= 4 is 23.1 Å². The fourth-order valence-electron chi connectivity index (χ4n) is 3.45. The van der Waals surface area contributed by atoms with Crippen LogP contribution in [0.2, 0.25) is 0 Å². The van der Waals surface area contributed by atoms with Gasteiger partial charge in [-0.25, -0.2) is 4.98 Å². The first kappa shape index (κ1) is 16.3. The first-order chi connectivity index (χ1) is 12.2. The van der Waals surface area contributed by atoms with Gasteiger partial charge < -0.3 is 25.1 Å². The molecule has 2 saturated heterocycles. The van der Waals surface area contributed by atoms with Crippen molar-refractivity contribution in [2.45, 2.75) is 24.9 Å². The topological polar surface area (TPSA) is 88.1 Å². The highest BCUT2D eigenvalue weighted by molar-refractivity contribution is 6.43. The zero-order valence-corrected chi connectivity index (χ0v) is 14.2. The van der Waals surface area contributed by atoms with Gasteiger partial charge in [0.25, 0.3) is 5.91 Å². The number of anilines is 2. The predicted octanol–water partition coefficient (Wildman–Crippen LogP) is 0.755. The van der Waals surface area contributed by atoms with Crippen LogP contribution in [0.1, 0.15) is 19.3 Å². The standard InChI is InChI=1S/C17H23N5O3/c23-16(14-11-17(25-21-14)3-5-18-6-4-17)20-15-2-1-13(12-19-15)22-7-9-24-10-8-22/h1-2,12,18H,3-11H2,(H,19,20,23). The van der Waals surface area contributed by atoms with Crippen LogP contribution in [0, 0.1) is 0 Å². The molecule has 8 heteroatoms. The SMILES string of the molecule is O=C(Nc1ccc(N2CCOCC2)cn1)C1=NOC2(CCNCC2)C1. The van der Waals surface area contributed by atoms with Gasteiger partial charge >= 0.3 is 0 Å². The largest absolute Gasteiger partial charge is 0.388 e. The summed E-state index contributed by atoms with van der Waals surface area (Å²) in [6.07, 6.45) is 4.09. The summed E-state index contributed by atoms with van der Waals surface area (Å²) in [6.45, 7) is 4.98. The molecule has 25 heavy (non-hydrogen) atoms. The monoisotopic (exact) mass is 345 g/mol. The molecule has 8 nitrogen and oxygen atoms in total. The molecular formula is C17H23N5O3. The van der Waals surface area contributed by atoms with Crippen molar-refractivity contribution in [3.05, 3.63) is 18.3 Å². The molecule has 134 valence electrons. The molecule has 0 bridgehead atoms. The van der Waals surface area contributed by atoms with E-state index >= 15 is 0 Å². The number of nitrogens with zero attached hydrogens (tertiary/aromatic N) is 3. The smallest absolute Gasteiger partial charge is 0.274 e. The van der Waals surface area contributed by atoms with Gasteiger partial charge in [0, 0.05) is 32.4 Å². The normalized spacial score (nSPS) is 22.4. The fraction of sp³-hybridized carbons (Fsp3) is 0.588. The van der Waals surface area contributed by atoms with Crippen molar-refractivity contribution in [2.24, 2.45) is 5.16 Å². The molecule has 4 rings (SSSR count). The van der Waals surface area contributed by atoms with Gasteiger partial charge in [0.2, 0.25) is 0 Å². The Kier molecular flexibility index (Phi) is 4.54. The lowest BCUT2D eigenvalue weighted by Gasteiger charge is -2.30. The molecule has 0 aliphatic carbocycles. The highest BCUT2D eigenvalue weighted by atomic mass is 16.7. The summed E-state index contributed by atoms with van der Waals surface area (Å²) < 4.78 is 5.35. The van der Waals surface area contributed by atoms with Crippen LogP contribution in [-0.2, 0) is 14.4 Å². The number of oxime groups is 1. The molecule has 0 atom stereocenters. The minimum absolute atomic E-state index is 0.234. The Labute approximate surface area is 146 Å². The van der Waals surface area contributed by atoms with Gasteiger partial charge in [0.05, 0.1) is 25.1 Å². The van der Waals surface area contributed by atoms with Crippen molar-refractivity contribution in [1.82, 2.24) is 10.3 Å². The summed E-state index contributed by atoms with van der Waals surface area (Å²) in [5, 5.41) is 10.1. The van der Waals surface area contributed by atoms with E-state index in [1.165, 1.54) is 0 Å². The minimum Gasteiger partial charge on any atom is -0.388 e. The highest BCUT2D eigenvalue weighted by Gasteiger charge is 2.42. The van der Waals surface area contributed by atoms with Crippen LogP contribution in [0.5, 0.6) is 0 Å². The third-order valence-electron chi connectivity index (χ3n) is 4.98. The molecule has 3 aliphatic rings. The summed E-state index contributed by atoms with van der Waals surface area (Å²) in [5.74, 6) is 0.290. The quantitative estimate of drug-likeness (QED) is 0.841. The third kappa shape index (κ3) is 3.59. The lowest BCUT2D eigenvalue weighted by atomic mass is 9.87. The summed E-state index contributed by atoms with van der Waals surface area (Å²) >= 11 is 0. The number of nitrogens with one attached hydrogen (secondary N) is 2. The summed E-state index contributed by atoms with van der Waals surface area (Å²) in [7, 11) is 0. The van der Waals surface area contributed by atoms with E-state index in [0.717, 1.165) is 57.9 Å². The van der Waals surface area contributed by atoms with E-state index in [4.69, 9.17) is 9.57 Å². The number of aromatic nitrogens is 1. The van der Waals surface area contributed by atoms with Crippen LogP contribution in [-0.4, -0.2) is 61.6 Å². The molecule has 4 heterocycles. The first-order valence-electron chi connectivity index (χ1n) is 8.80. The molecule has 2 N–H and O–H groups in total. The second-order valence-corrected chi connectivity index (χ2v) is 6.69. The fourth-order valence-corrected chi connectivity index (χ4v) is 3.45. The van der Waals surface area contributed by atoms with Crippen LogP contribution >= 0.6 is 0 Å². The lowest BCUT2D eigenvalue weighted by Crippen LogP contribution is -2.42. The van der Waals surface area contributed by atoms with Gasteiger partial charge in [-0.3, -0.25) is 4.79 Å². The number of piperidine rings is 1. The van der Waals surface area contributed by atoms with Crippen molar-refractivity contribution in [1.29, 1.82) is 0 Å². The molecule has 0 aromatic carbocycles. The molecule has 0 unspecified atom stereocenters. The zero-order chi connectivity index (χ0) is 17.1. The molecule has 0 radical (unpaired) electrons. The number of carbonyl (C=O) groups excluding carboxylic acids is 1. The van der Waals surface area contributed by atoms with Crippen LogP contribution in [0.25, 0.3) is 0 Å². The van der Waals surface area contributed by atoms with E-state index in [-0.39, 0.29) is 11.5 Å².